The number of rotatable bonds is 36. The van der Waals surface area contributed by atoms with E-state index in [-0.39, 0.29) is 91.0 Å². The molecule has 0 aromatic heterocycles. The minimum atomic E-state index is -1.93. The first-order chi connectivity index (χ1) is 43.4. The number of ether oxygens (including phenoxy) is 4. The summed E-state index contributed by atoms with van der Waals surface area (Å²) in [6.07, 6.45) is 24.8. The van der Waals surface area contributed by atoms with Crippen molar-refractivity contribution in [3.8, 4) is 0 Å². The second-order valence-corrected chi connectivity index (χ2v) is 31.5. The molecular weight excluding hydrogens is 1180 g/mol. The lowest BCUT2D eigenvalue weighted by Gasteiger charge is -2.53. The average Bonchev–Trinajstić information content (AvgIpc) is 1.47. The van der Waals surface area contributed by atoms with Crippen molar-refractivity contribution in [1.82, 2.24) is 0 Å². The zero-order valence-electron chi connectivity index (χ0n) is 59.9. The van der Waals surface area contributed by atoms with Gasteiger partial charge in [0.05, 0.1) is 59.7 Å². The van der Waals surface area contributed by atoms with Gasteiger partial charge in [-0.05, 0) is 127 Å². The second-order valence-electron chi connectivity index (χ2n) is 31.5. The maximum Gasteiger partial charge on any atom is 0.306 e. The lowest BCUT2D eigenvalue weighted by atomic mass is 9.59. The number of aliphatic hydroxyl groups excluding tert-OH is 5. The number of Topliss-reactive ketones (excluding diaryl/α,β-unsaturated/α-hetero) is 1. The summed E-state index contributed by atoms with van der Waals surface area (Å²) >= 11 is 0. The number of carboxylic acid groups (broad SMARTS) is 1. The van der Waals surface area contributed by atoms with E-state index in [4.69, 9.17) is 24.1 Å². The first-order valence-corrected chi connectivity index (χ1v) is 36.0. The molecule has 4 aliphatic carbocycles. The van der Waals surface area contributed by atoms with Crippen LogP contribution in [-0.2, 0) is 42.9 Å². The smallest absolute Gasteiger partial charge is 0.306 e. The zero-order chi connectivity index (χ0) is 69.8. The van der Waals surface area contributed by atoms with Crippen LogP contribution in [0, 0.1) is 70.5 Å². The van der Waals surface area contributed by atoms with E-state index in [0.29, 0.717) is 43.3 Å². The number of ketones is 2. The molecule has 0 radical (unpaired) electrons. The highest BCUT2D eigenvalue weighted by molar-refractivity contribution is 6.05. The van der Waals surface area contributed by atoms with Gasteiger partial charge in [-0.3, -0.25) is 24.0 Å². The number of hydrogen-bond acceptors (Lipinski definition) is 16. The first-order valence-electron chi connectivity index (χ1n) is 36.0. The molecular formula is C76H126O17. The molecule has 0 amide bonds. The number of carbonyl (C=O) groups is 5. The summed E-state index contributed by atoms with van der Waals surface area (Å²) in [5.41, 5.74) is -5.72. The van der Waals surface area contributed by atoms with Crippen LogP contribution in [0.2, 0.25) is 0 Å². The van der Waals surface area contributed by atoms with Gasteiger partial charge in [-0.25, -0.2) is 0 Å². The van der Waals surface area contributed by atoms with E-state index in [1.807, 2.05) is 54.5 Å². The van der Waals surface area contributed by atoms with E-state index >= 15 is 0 Å². The van der Waals surface area contributed by atoms with Gasteiger partial charge in [0.15, 0.2) is 17.2 Å². The summed E-state index contributed by atoms with van der Waals surface area (Å²) in [6.45, 7) is 30.1. The third kappa shape index (κ3) is 19.3. The van der Waals surface area contributed by atoms with Crippen LogP contribution in [0.5, 0.6) is 0 Å². The number of carbonyl (C=O) groups excluding carboxylic acids is 4. The molecule has 532 valence electrons. The van der Waals surface area contributed by atoms with Crippen LogP contribution >= 0.6 is 0 Å². The summed E-state index contributed by atoms with van der Waals surface area (Å²) in [5, 5.41) is 86.7. The number of carboxylic acids is 1. The Morgan fingerprint density at radius 2 is 1.39 bits per heavy atom. The highest BCUT2D eigenvalue weighted by atomic mass is 16.6. The fourth-order valence-corrected chi connectivity index (χ4v) is 17.0. The van der Waals surface area contributed by atoms with Crippen molar-refractivity contribution in [2.75, 3.05) is 6.61 Å². The predicted molar refractivity (Wildman–Crippen MR) is 360 cm³/mol. The van der Waals surface area contributed by atoms with Crippen molar-refractivity contribution in [1.29, 1.82) is 0 Å². The summed E-state index contributed by atoms with van der Waals surface area (Å²) in [6, 6.07) is 0. The minimum absolute atomic E-state index is 0.0809. The number of aliphatic carboxylic acids is 1. The van der Waals surface area contributed by atoms with Crippen LogP contribution in [-0.4, -0.2) is 142 Å². The van der Waals surface area contributed by atoms with E-state index < -0.39 is 105 Å². The highest BCUT2D eigenvalue weighted by Gasteiger charge is 2.88. The second kappa shape index (κ2) is 34.1. The molecule has 22 atom stereocenters. The number of fused-ring (bicyclic) bond motifs is 5. The van der Waals surface area contributed by atoms with Crippen molar-refractivity contribution in [3.63, 3.8) is 0 Å². The first kappa shape index (κ1) is 79.9. The maximum atomic E-state index is 13.3. The zero-order valence-corrected chi connectivity index (χ0v) is 59.9. The number of esters is 2. The van der Waals surface area contributed by atoms with Gasteiger partial charge in [-0.2, -0.15) is 0 Å². The molecule has 93 heavy (non-hydrogen) atoms. The molecule has 0 spiro atoms. The van der Waals surface area contributed by atoms with Crippen molar-refractivity contribution in [2.24, 2.45) is 70.5 Å². The lowest BCUT2D eigenvalue weighted by molar-refractivity contribution is -0.228. The SMILES string of the molecule is CCCCCCCCCCCCC(=O)O[C@@H]1[C@@H](C)[C@@]2(O)[C@@H](C=C(CO)C[C@]3(O)C(=O)C(C)=C[C@@H]23)[C@@H]2C(C)(C)[C@]12OC(C)=O.C[C@H](CCC(=O)O)C[C@H](C)C[C@H](C)C(=O)/C=C(\O)[C@H](C)C[C@H](C)C/C=C/[C@@H](C)[C@@H](O)[C@@H](C)[C@@H](O)C[C@@H]1CC[C@@](C)([C@H]2CC[C@@](C)([C@@H](C)O)O2)O1. The van der Waals surface area contributed by atoms with Crippen LogP contribution in [0.4, 0.5) is 0 Å². The quantitative estimate of drug-likeness (QED) is 0.00951. The molecule has 2 aliphatic heterocycles. The molecule has 0 bridgehead atoms. The van der Waals surface area contributed by atoms with Crippen molar-refractivity contribution < 1.29 is 83.8 Å². The lowest BCUT2D eigenvalue weighted by Crippen LogP contribution is -2.66. The van der Waals surface area contributed by atoms with Gasteiger partial charge in [0, 0.05) is 85.0 Å². The molecule has 17 nitrogen and oxygen atoms in total. The number of allylic oxidation sites excluding steroid dienone is 3. The topological polar surface area (TPSA) is 284 Å². The van der Waals surface area contributed by atoms with Crippen LogP contribution < -0.4 is 0 Å². The Labute approximate surface area is 558 Å². The fourth-order valence-electron chi connectivity index (χ4n) is 17.0. The van der Waals surface area contributed by atoms with Gasteiger partial charge >= 0.3 is 17.9 Å². The predicted octanol–water partition coefficient (Wildman–Crippen LogP) is 13.2. The molecule has 0 unspecified atom stereocenters. The van der Waals surface area contributed by atoms with E-state index in [1.54, 1.807) is 32.9 Å². The third-order valence-electron chi connectivity index (χ3n) is 23.2. The van der Waals surface area contributed by atoms with Crippen molar-refractivity contribution in [3.05, 3.63) is 47.3 Å². The Hall–Kier alpha value is -3.81. The number of hydrogen-bond donors (Lipinski definition) is 8. The molecule has 4 fully saturated rings. The summed E-state index contributed by atoms with van der Waals surface area (Å²) in [7, 11) is 0. The average molecular weight is 1310 g/mol. The van der Waals surface area contributed by atoms with Crippen LogP contribution in [0.25, 0.3) is 0 Å². The van der Waals surface area contributed by atoms with E-state index in [1.165, 1.54) is 51.5 Å². The molecule has 17 heteroatoms. The van der Waals surface area contributed by atoms with Gasteiger partial charge in [-0.1, -0.05) is 158 Å². The van der Waals surface area contributed by atoms with Crippen molar-refractivity contribution >= 4 is 29.5 Å². The molecule has 0 aromatic rings. The van der Waals surface area contributed by atoms with Gasteiger partial charge < -0.3 is 59.8 Å². The summed E-state index contributed by atoms with van der Waals surface area (Å²) in [5.74, 6) is -5.11. The van der Waals surface area contributed by atoms with Crippen LogP contribution in [0.15, 0.2) is 47.3 Å². The van der Waals surface area contributed by atoms with Gasteiger partial charge in [0.25, 0.3) is 0 Å². The normalized spacial score (nSPS) is 33.8. The molecule has 2 saturated carbocycles. The Balaban J connectivity index is 0.000000340. The van der Waals surface area contributed by atoms with E-state index in [9.17, 15) is 59.7 Å². The van der Waals surface area contributed by atoms with Gasteiger partial charge in [-0.15, -0.1) is 0 Å². The molecule has 2 saturated heterocycles. The van der Waals surface area contributed by atoms with E-state index in [0.717, 1.165) is 57.8 Å². The summed E-state index contributed by atoms with van der Waals surface area (Å²) in [4.78, 5) is 62.8. The fraction of sp³-hybridized carbons (Fsp3) is 0.829. The maximum absolute atomic E-state index is 13.3. The Morgan fingerprint density at radius 3 is 1.97 bits per heavy atom. The Morgan fingerprint density at radius 1 is 0.774 bits per heavy atom. The Bertz CT molecular complexity index is 2610. The minimum Gasteiger partial charge on any atom is -0.512 e. The molecule has 2 heterocycles. The summed E-state index contributed by atoms with van der Waals surface area (Å²) < 4.78 is 25.0. The van der Waals surface area contributed by atoms with Crippen LogP contribution in [0.1, 0.15) is 258 Å². The highest BCUT2D eigenvalue weighted by Crippen LogP contribution is 2.77. The molecule has 6 rings (SSSR count). The molecule has 6 aliphatic rings. The van der Waals surface area contributed by atoms with Gasteiger partial charge in [0.2, 0.25) is 0 Å². The Kier molecular flexibility index (Phi) is 29.3. The number of unbranched alkanes of at least 4 members (excludes halogenated alkanes) is 9. The van der Waals surface area contributed by atoms with Gasteiger partial charge in [0.1, 0.15) is 11.7 Å². The monoisotopic (exact) mass is 1310 g/mol. The third-order valence-corrected chi connectivity index (χ3v) is 23.2. The molecule has 0 aromatic carbocycles. The largest absolute Gasteiger partial charge is 0.512 e. The number of aliphatic hydroxyl groups is 7. The van der Waals surface area contributed by atoms with Crippen molar-refractivity contribution in [2.45, 2.75) is 323 Å². The molecule has 8 N–H and O–H groups in total. The van der Waals surface area contributed by atoms with Crippen LogP contribution in [0.3, 0.4) is 0 Å². The van der Waals surface area contributed by atoms with E-state index in [2.05, 4.69) is 40.7 Å². The standard InChI is InChI=1S/C41H72O9.C35H54O8/c1-25(21-29(5)34(43)24-35(44)30(6)22-27(3)20-26(2)14-15-38(46)47)12-11-13-28(4)39(48)31(7)36(45)23-33-16-18-41(10,49-33)37-17-19-40(9,50-37)32(8)42;1-7-8-9-10-11-12-13-14-15-16-17-28(38)42-31-23(3)34(41)26(29-32(5,6)35(29,31)43-24(4)37)19-25(21-36)20-33(40)27(34)18-22(2)30(33)39/h11,13,24-33,36-37,39,42-43,45,48H,12,14-23H2,1-10H3,(H,46,47);18-19,23,26-27,29,31,36,40-41H,7-17,20-21H2,1-6H3/b13-11+,34-24-;/t25-,26-,27+,28-,29-,30+,31+,32-,33+,36+,37-,39-,40+,41+;23-,26+,27-,29-,31-,33-,34-,35-/m11/s1.